The summed E-state index contributed by atoms with van der Waals surface area (Å²) in [5.74, 6) is -0.896. The topological polar surface area (TPSA) is 55.1 Å². The number of hydrogen-bond acceptors (Lipinski definition) is 3. The third-order valence-electron chi connectivity index (χ3n) is 2.48. The summed E-state index contributed by atoms with van der Waals surface area (Å²) in [4.78, 5) is 15.0. The van der Waals surface area contributed by atoms with Crippen molar-refractivity contribution in [2.75, 3.05) is 5.75 Å². The zero-order chi connectivity index (χ0) is 14.0. The molecule has 4 nitrogen and oxygen atoms in total. The number of hydrogen-bond donors (Lipinski definition) is 1. The number of carboxylic acids is 1. The Hall–Kier alpha value is -1.46. The highest BCUT2D eigenvalue weighted by atomic mass is 35.5. The maximum absolute atomic E-state index is 10.7. The molecule has 0 aliphatic carbocycles. The van der Waals surface area contributed by atoms with E-state index >= 15 is 0 Å². The van der Waals surface area contributed by atoms with Crippen LogP contribution in [0.4, 0.5) is 0 Å². The molecule has 0 saturated carbocycles. The van der Waals surface area contributed by atoms with Crippen LogP contribution in [-0.2, 0) is 4.79 Å². The first-order valence-electron chi connectivity index (χ1n) is 5.64. The Balaban J connectivity index is 2.43. The van der Waals surface area contributed by atoms with Gasteiger partial charge in [-0.1, -0.05) is 29.4 Å². The van der Waals surface area contributed by atoms with Crippen molar-refractivity contribution in [2.45, 2.75) is 19.0 Å². The van der Waals surface area contributed by atoms with E-state index < -0.39 is 5.97 Å². The number of thioether (sulfide) groups is 1. The zero-order valence-electron chi connectivity index (χ0n) is 10.6. The monoisotopic (exact) mass is 296 g/mol. The molecule has 0 spiro atoms. The minimum absolute atomic E-state index is 0.0279. The van der Waals surface area contributed by atoms with Crippen molar-refractivity contribution in [1.82, 2.24) is 9.55 Å². The first-order chi connectivity index (χ1) is 8.97. The molecule has 100 valence electrons. The van der Waals surface area contributed by atoms with Gasteiger partial charge < -0.3 is 5.11 Å². The van der Waals surface area contributed by atoms with Crippen LogP contribution in [0.3, 0.4) is 0 Å². The molecule has 6 heteroatoms. The maximum Gasteiger partial charge on any atom is 0.313 e. The number of carbonyl (C=O) groups is 1. The summed E-state index contributed by atoms with van der Waals surface area (Å²) >= 11 is 7.38. The van der Waals surface area contributed by atoms with Crippen LogP contribution in [0.5, 0.6) is 0 Å². The molecule has 19 heavy (non-hydrogen) atoms. The summed E-state index contributed by atoms with van der Waals surface area (Å²) in [5, 5.41) is 10.0. The fourth-order valence-corrected chi connectivity index (χ4v) is 2.64. The Labute approximate surface area is 120 Å². The molecular formula is C13H13ClN2O2S. The second-order valence-corrected chi connectivity index (χ2v) is 5.52. The average Bonchev–Trinajstić information content (AvgIpc) is 2.71. The first kappa shape index (κ1) is 14.0. The van der Waals surface area contributed by atoms with Gasteiger partial charge in [0.15, 0.2) is 5.16 Å². The maximum atomic E-state index is 10.7. The molecule has 2 rings (SSSR count). The molecular weight excluding hydrogens is 284 g/mol. The molecule has 0 bridgehead atoms. The van der Waals surface area contributed by atoms with E-state index in [0.717, 1.165) is 16.9 Å². The summed E-state index contributed by atoms with van der Waals surface area (Å²) < 4.78 is 1.83. The standard InChI is InChI=1S/C13H13ClN2O2S/c1-8-3-4-10(14)11(5-8)16-6-9(2)15-13(16)19-7-12(17)18/h3-6H,7H2,1-2H3,(H,17,18). The molecule has 2 aromatic rings. The van der Waals surface area contributed by atoms with Crippen LogP contribution in [-0.4, -0.2) is 26.4 Å². The second-order valence-electron chi connectivity index (χ2n) is 4.17. The van der Waals surface area contributed by atoms with Crippen LogP contribution in [0.15, 0.2) is 29.6 Å². The predicted octanol–water partition coefficient (Wildman–Crippen LogP) is 3.32. The minimum atomic E-state index is -0.868. The smallest absolute Gasteiger partial charge is 0.313 e. The molecule has 0 atom stereocenters. The van der Waals surface area contributed by atoms with E-state index in [4.69, 9.17) is 16.7 Å². The lowest BCUT2D eigenvalue weighted by atomic mass is 10.2. The van der Waals surface area contributed by atoms with Gasteiger partial charge in [0.2, 0.25) is 0 Å². The summed E-state index contributed by atoms with van der Waals surface area (Å²) in [6.07, 6.45) is 1.85. The Morgan fingerprint density at radius 2 is 2.21 bits per heavy atom. The van der Waals surface area contributed by atoms with Gasteiger partial charge in [-0.05, 0) is 31.5 Å². The lowest BCUT2D eigenvalue weighted by Gasteiger charge is -2.09. The van der Waals surface area contributed by atoms with Gasteiger partial charge in [-0.2, -0.15) is 0 Å². The van der Waals surface area contributed by atoms with Crippen LogP contribution in [0.1, 0.15) is 11.3 Å². The molecule has 1 N–H and O–H groups in total. The average molecular weight is 297 g/mol. The fraction of sp³-hybridized carbons (Fsp3) is 0.231. The highest BCUT2D eigenvalue weighted by molar-refractivity contribution is 7.99. The van der Waals surface area contributed by atoms with E-state index in [2.05, 4.69) is 4.98 Å². The number of halogens is 1. The zero-order valence-corrected chi connectivity index (χ0v) is 12.1. The predicted molar refractivity (Wildman–Crippen MR) is 76.4 cm³/mol. The molecule has 0 unspecified atom stereocenters. The quantitative estimate of drug-likeness (QED) is 0.879. The highest BCUT2D eigenvalue weighted by Gasteiger charge is 2.12. The van der Waals surface area contributed by atoms with Crippen molar-refractivity contribution in [1.29, 1.82) is 0 Å². The second kappa shape index (κ2) is 5.67. The lowest BCUT2D eigenvalue weighted by molar-refractivity contribution is -0.133. The number of carboxylic acid groups (broad SMARTS) is 1. The number of aromatic nitrogens is 2. The third kappa shape index (κ3) is 3.30. The molecule has 1 heterocycles. The van der Waals surface area contributed by atoms with E-state index in [1.807, 2.05) is 42.8 Å². The minimum Gasteiger partial charge on any atom is -0.481 e. The van der Waals surface area contributed by atoms with Gasteiger partial charge in [0, 0.05) is 6.20 Å². The van der Waals surface area contributed by atoms with Gasteiger partial charge in [0.05, 0.1) is 22.2 Å². The Bertz CT molecular complexity index is 625. The number of nitrogens with zero attached hydrogens (tertiary/aromatic N) is 2. The number of imidazole rings is 1. The third-order valence-corrected chi connectivity index (χ3v) is 3.74. The van der Waals surface area contributed by atoms with Gasteiger partial charge in [0.1, 0.15) is 0 Å². The van der Waals surface area contributed by atoms with Gasteiger partial charge in [0.25, 0.3) is 0 Å². The molecule has 1 aromatic heterocycles. The number of rotatable bonds is 4. The Kier molecular flexibility index (Phi) is 4.17. The van der Waals surface area contributed by atoms with Crippen molar-refractivity contribution in [3.05, 3.63) is 40.7 Å². The van der Waals surface area contributed by atoms with Crippen molar-refractivity contribution in [2.24, 2.45) is 0 Å². The van der Waals surface area contributed by atoms with Crippen molar-refractivity contribution >= 4 is 29.3 Å². The first-order valence-corrected chi connectivity index (χ1v) is 7.01. The molecule has 0 radical (unpaired) electrons. The summed E-state index contributed by atoms with van der Waals surface area (Å²) in [5.41, 5.74) is 2.72. The van der Waals surface area contributed by atoms with E-state index in [9.17, 15) is 4.79 Å². The van der Waals surface area contributed by atoms with Crippen molar-refractivity contribution in [3.63, 3.8) is 0 Å². The van der Waals surface area contributed by atoms with Gasteiger partial charge >= 0.3 is 5.97 Å². The number of aliphatic carboxylic acids is 1. The lowest BCUT2D eigenvalue weighted by Crippen LogP contribution is -2.02. The normalized spacial score (nSPS) is 10.7. The van der Waals surface area contributed by atoms with Crippen molar-refractivity contribution in [3.8, 4) is 5.69 Å². The van der Waals surface area contributed by atoms with Crippen LogP contribution >= 0.6 is 23.4 Å². The molecule has 0 saturated heterocycles. The largest absolute Gasteiger partial charge is 0.481 e. The van der Waals surface area contributed by atoms with Gasteiger partial charge in [-0.15, -0.1) is 0 Å². The summed E-state index contributed by atoms with van der Waals surface area (Å²) in [7, 11) is 0. The van der Waals surface area contributed by atoms with Crippen LogP contribution in [0.2, 0.25) is 5.02 Å². The molecule has 0 aliphatic rings. The molecule has 0 aliphatic heterocycles. The fourth-order valence-electron chi connectivity index (χ4n) is 1.68. The van der Waals surface area contributed by atoms with Crippen LogP contribution < -0.4 is 0 Å². The van der Waals surface area contributed by atoms with Crippen LogP contribution in [0, 0.1) is 13.8 Å². The van der Waals surface area contributed by atoms with Crippen molar-refractivity contribution < 1.29 is 9.90 Å². The van der Waals surface area contributed by atoms with Gasteiger partial charge in [-0.25, -0.2) is 4.98 Å². The van der Waals surface area contributed by atoms with E-state index in [-0.39, 0.29) is 5.75 Å². The molecule has 0 fully saturated rings. The van der Waals surface area contributed by atoms with E-state index in [0.29, 0.717) is 10.2 Å². The van der Waals surface area contributed by atoms with Gasteiger partial charge in [-0.3, -0.25) is 9.36 Å². The Morgan fingerprint density at radius 1 is 1.47 bits per heavy atom. The van der Waals surface area contributed by atoms with E-state index in [1.165, 1.54) is 11.8 Å². The molecule has 0 amide bonds. The summed E-state index contributed by atoms with van der Waals surface area (Å²) in [6, 6.07) is 5.71. The van der Waals surface area contributed by atoms with Crippen LogP contribution in [0.25, 0.3) is 5.69 Å². The highest BCUT2D eigenvalue weighted by Crippen LogP contribution is 2.27. The SMILES string of the molecule is Cc1ccc(Cl)c(-n2cc(C)nc2SCC(=O)O)c1. The molecule has 1 aromatic carbocycles. The summed E-state index contributed by atoms with van der Waals surface area (Å²) in [6.45, 7) is 3.85. The number of benzene rings is 1. The van der Waals surface area contributed by atoms with E-state index in [1.54, 1.807) is 0 Å². The Morgan fingerprint density at radius 3 is 2.89 bits per heavy atom. The number of aryl methyl sites for hydroxylation is 2.